The van der Waals surface area contributed by atoms with Gasteiger partial charge in [0.15, 0.2) is 6.04 Å². The Morgan fingerprint density at radius 1 is 1.60 bits per heavy atom. The van der Waals surface area contributed by atoms with Crippen molar-refractivity contribution in [3.05, 3.63) is 0 Å². The summed E-state index contributed by atoms with van der Waals surface area (Å²) in [5.74, 6) is -0.816. The number of nitrogens with two attached hydrogens (primary N) is 1. The zero-order valence-electron chi connectivity index (χ0n) is 4.79. The second-order valence-corrected chi connectivity index (χ2v) is 2.67. The molecule has 0 aromatic carbocycles. The largest absolute Gasteiger partial charge is 0.367 e. The molecule has 0 radical (unpaired) electrons. The van der Waals surface area contributed by atoms with Crippen molar-refractivity contribution < 1.29 is 14.4 Å². The van der Waals surface area contributed by atoms with E-state index in [1.165, 1.54) is 0 Å². The second kappa shape index (κ2) is 2.30. The first kappa shape index (κ1) is 7.07. The zero-order chi connectivity index (χ0) is 7.72. The number of hydrogen-bond donors (Lipinski definition) is 2. The quantitative estimate of drug-likeness (QED) is 0.472. The Labute approximate surface area is 60.3 Å². The van der Waals surface area contributed by atoms with Crippen molar-refractivity contribution in [1.29, 1.82) is 0 Å². The molecule has 1 heterocycles. The van der Waals surface area contributed by atoms with Gasteiger partial charge in [0, 0.05) is 11.8 Å². The highest BCUT2D eigenvalue weighted by Gasteiger charge is 2.35. The number of amides is 2. The van der Waals surface area contributed by atoms with Crippen LogP contribution in [0, 0.1) is 0 Å². The first-order valence-corrected chi connectivity index (χ1v) is 3.24. The van der Waals surface area contributed by atoms with Crippen molar-refractivity contribution in [1.82, 2.24) is 5.32 Å². The number of hydrogen-bond acceptors (Lipinski definition) is 4. The molecule has 1 fully saturated rings. The minimum Gasteiger partial charge on any atom is -0.367 e. The average molecular weight is 160 g/mol. The summed E-state index contributed by atoms with van der Waals surface area (Å²) in [6.07, 6.45) is 0. The van der Waals surface area contributed by atoms with E-state index in [1.807, 2.05) is 0 Å². The standard InChI is InChI=1S/C4H4N2O3S/c5-2(7)1-3(8)10-4(9)6-1/h1H,(H2,5,7)(H,6,9). The summed E-state index contributed by atoms with van der Waals surface area (Å²) in [5, 5.41) is 1.05. The molecular weight excluding hydrogens is 156 g/mol. The van der Waals surface area contributed by atoms with Crippen LogP contribution < -0.4 is 11.1 Å². The van der Waals surface area contributed by atoms with Gasteiger partial charge in [0.1, 0.15) is 0 Å². The van der Waals surface area contributed by atoms with Gasteiger partial charge in [-0.3, -0.25) is 14.4 Å². The number of carbonyl (C=O) groups excluding carboxylic acids is 3. The molecule has 0 spiro atoms. The summed E-state index contributed by atoms with van der Waals surface area (Å²) < 4.78 is 0. The summed E-state index contributed by atoms with van der Waals surface area (Å²) >= 11 is 0.467. The van der Waals surface area contributed by atoms with Gasteiger partial charge in [0.2, 0.25) is 11.0 Å². The van der Waals surface area contributed by atoms with Gasteiger partial charge in [-0.05, 0) is 0 Å². The lowest BCUT2D eigenvalue weighted by Gasteiger charge is -1.98. The van der Waals surface area contributed by atoms with Crippen LogP contribution in [0.3, 0.4) is 0 Å². The van der Waals surface area contributed by atoms with Crippen molar-refractivity contribution in [2.75, 3.05) is 0 Å². The van der Waals surface area contributed by atoms with E-state index >= 15 is 0 Å². The van der Waals surface area contributed by atoms with Crippen LogP contribution in [0.2, 0.25) is 0 Å². The highest BCUT2D eigenvalue weighted by molar-refractivity contribution is 8.26. The van der Waals surface area contributed by atoms with Crippen LogP contribution >= 0.6 is 11.8 Å². The normalized spacial score (nSPS) is 24.6. The Morgan fingerprint density at radius 3 is 2.40 bits per heavy atom. The first-order chi connectivity index (χ1) is 4.61. The highest BCUT2D eigenvalue weighted by atomic mass is 32.2. The smallest absolute Gasteiger partial charge is 0.287 e. The van der Waals surface area contributed by atoms with Crippen molar-refractivity contribution in [3.8, 4) is 0 Å². The fraction of sp³-hybridized carbons (Fsp3) is 0.250. The molecule has 0 saturated carbocycles. The molecule has 0 aromatic rings. The lowest BCUT2D eigenvalue weighted by Crippen LogP contribution is -2.41. The van der Waals surface area contributed by atoms with Crippen LogP contribution in [0.25, 0.3) is 0 Å². The third kappa shape index (κ3) is 1.10. The number of rotatable bonds is 1. The zero-order valence-corrected chi connectivity index (χ0v) is 5.60. The van der Waals surface area contributed by atoms with E-state index in [0.29, 0.717) is 11.8 Å². The van der Waals surface area contributed by atoms with Crippen molar-refractivity contribution in [2.45, 2.75) is 6.04 Å². The average Bonchev–Trinajstić information content (AvgIpc) is 2.10. The Bertz CT molecular complexity index is 215. The lowest BCUT2D eigenvalue weighted by atomic mass is 10.3. The molecule has 54 valence electrons. The van der Waals surface area contributed by atoms with Gasteiger partial charge in [-0.15, -0.1) is 0 Å². The maximum atomic E-state index is 10.6. The second-order valence-electron chi connectivity index (χ2n) is 1.69. The maximum Gasteiger partial charge on any atom is 0.287 e. The molecule has 5 nitrogen and oxygen atoms in total. The molecule has 2 amide bonds. The van der Waals surface area contributed by atoms with Gasteiger partial charge in [-0.25, -0.2) is 0 Å². The van der Waals surface area contributed by atoms with Crippen LogP contribution in [-0.2, 0) is 9.59 Å². The molecule has 1 saturated heterocycles. The van der Waals surface area contributed by atoms with E-state index in [4.69, 9.17) is 5.73 Å². The molecule has 3 N–H and O–H groups in total. The summed E-state index contributed by atoms with van der Waals surface area (Å²) in [7, 11) is 0. The minimum absolute atomic E-state index is 0.467. The monoisotopic (exact) mass is 160 g/mol. The fourth-order valence-electron chi connectivity index (χ4n) is 0.544. The molecule has 1 aliphatic heterocycles. The van der Waals surface area contributed by atoms with Gasteiger partial charge >= 0.3 is 0 Å². The SMILES string of the molecule is NC(=O)C1NC(=O)SC1=O. The number of nitrogens with one attached hydrogen (secondary N) is 1. The summed E-state index contributed by atoms with van der Waals surface area (Å²) in [5.41, 5.74) is 4.76. The fourth-order valence-corrected chi connectivity index (χ4v) is 1.20. The van der Waals surface area contributed by atoms with Gasteiger partial charge < -0.3 is 11.1 Å². The topological polar surface area (TPSA) is 89.3 Å². The van der Waals surface area contributed by atoms with Gasteiger partial charge in [-0.1, -0.05) is 0 Å². The lowest BCUT2D eigenvalue weighted by molar-refractivity contribution is -0.124. The minimum atomic E-state index is -1.13. The van der Waals surface area contributed by atoms with Crippen LogP contribution in [0.5, 0.6) is 0 Å². The predicted molar refractivity (Wildman–Crippen MR) is 34.1 cm³/mol. The molecule has 1 aliphatic rings. The Balaban J connectivity index is 2.72. The maximum absolute atomic E-state index is 10.6. The van der Waals surface area contributed by atoms with E-state index in [1.54, 1.807) is 0 Å². The molecule has 0 bridgehead atoms. The summed E-state index contributed by atoms with van der Waals surface area (Å²) in [6, 6.07) is -1.13. The van der Waals surface area contributed by atoms with E-state index in [2.05, 4.69) is 5.32 Å². The molecular formula is C4H4N2O3S. The third-order valence-electron chi connectivity index (χ3n) is 0.976. The summed E-state index contributed by atoms with van der Waals surface area (Å²) in [6.45, 7) is 0. The number of carbonyl (C=O) groups is 3. The summed E-state index contributed by atoms with van der Waals surface area (Å²) in [4.78, 5) is 31.3. The van der Waals surface area contributed by atoms with E-state index in [9.17, 15) is 14.4 Å². The van der Waals surface area contributed by atoms with E-state index < -0.39 is 22.3 Å². The van der Waals surface area contributed by atoms with E-state index in [-0.39, 0.29) is 0 Å². The predicted octanol–water partition coefficient (Wildman–Crippen LogP) is -1.18. The highest BCUT2D eigenvalue weighted by Crippen LogP contribution is 2.14. The van der Waals surface area contributed by atoms with Crippen LogP contribution in [0.15, 0.2) is 0 Å². The van der Waals surface area contributed by atoms with Crippen molar-refractivity contribution >= 4 is 28.0 Å². The number of primary amides is 1. The molecule has 0 aliphatic carbocycles. The Morgan fingerprint density at radius 2 is 2.20 bits per heavy atom. The molecule has 0 aromatic heterocycles. The van der Waals surface area contributed by atoms with Gasteiger partial charge in [0.05, 0.1) is 0 Å². The van der Waals surface area contributed by atoms with Crippen molar-refractivity contribution in [3.63, 3.8) is 0 Å². The Hall–Kier alpha value is -1.04. The van der Waals surface area contributed by atoms with Gasteiger partial charge in [-0.2, -0.15) is 0 Å². The molecule has 1 unspecified atom stereocenters. The number of thioether (sulfide) groups is 1. The molecule has 1 rings (SSSR count). The van der Waals surface area contributed by atoms with Crippen LogP contribution in [0.4, 0.5) is 4.79 Å². The van der Waals surface area contributed by atoms with Crippen LogP contribution in [-0.4, -0.2) is 22.3 Å². The molecule has 1 atom stereocenters. The molecule has 6 heteroatoms. The Kier molecular flexibility index (Phi) is 1.62. The van der Waals surface area contributed by atoms with Crippen LogP contribution in [0.1, 0.15) is 0 Å². The first-order valence-electron chi connectivity index (χ1n) is 2.43. The third-order valence-corrected chi connectivity index (χ3v) is 1.72. The van der Waals surface area contributed by atoms with Gasteiger partial charge in [0.25, 0.3) is 5.24 Å². The molecule has 10 heavy (non-hydrogen) atoms. The van der Waals surface area contributed by atoms with E-state index in [0.717, 1.165) is 0 Å². The van der Waals surface area contributed by atoms with Crippen molar-refractivity contribution in [2.24, 2.45) is 5.73 Å².